The number of nitrogens with zero attached hydrogens (tertiary/aromatic N) is 3. The smallest absolute Gasteiger partial charge is 0.418 e. The molecule has 114 valence electrons. The SMILES string of the molecule is Cc1ccc(-c2nc(CN3C(=O)OC(C)(C)C3=O)no2)cc1. The number of hydrogen-bond acceptors (Lipinski definition) is 6. The van der Waals surface area contributed by atoms with Gasteiger partial charge in [-0.25, -0.2) is 9.69 Å². The van der Waals surface area contributed by atoms with Gasteiger partial charge in [-0.1, -0.05) is 22.9 Å². The van der Waals surface area contributed by atoms with E-state index in [1.165, 1.54) is 0 Å². The number of imide groups is 1. The summed E-state index contributed by atoms with van der Waals surface area (Å²) in [5.74, 6) is 0.173. The monoisotopic (exact) mass is 301 g/mol. The molecule has 22 heavy (non-hydrogen) atoms. The van der Waals surface area contributed by atoms with Crippen molar-refractivity contribution in [2.45, 2.75) is 32.9 Å². The summed E-state index contributed by atoms with van der Waals surface area (Å²) in [6.45, 7) is 4.99. The van der Waals surface area contributed by atoms with Crippen LogP contribution in [0.25, 0.3) is 11.5 Å². The molecule has 1 aromatic carbocycles. The van der Waals surface area contributed by atoms with Crippen LogP contribution in [0.3, 0.4) is 0 Å². The van der Waals surface area contributed by atoms with Crippen LogP contribution >= 0.6 is 0 Å². The van der Waals surface area contributed by atoms with Crippen LogP contribution in [0.15, 0.2) is 28.8 Å². The van der Waals surface area contributed by atoms with Crippen LogP contribution in [-0.4, -0.2) is 32.6 Å². The van der Waals surface area contributed by atoms with Crippen molar-refractivity contribution in [3.05, 3.63) is 35.7 Å². The summed E-state index contributed by atoms with van der Waals surface area (Å²) in [6.07, 6.45) is -0.698. The molecule has 0 atom stereocenters. The molecule has 1 saturated heterocycles. The fourth-order valence-corrected chi connectivity index (χ4v) is 2.13. The zero-order valence-electron chi connectivity index (χ0n) is 12.5. The van der Waals surface area contributed by atoms with Crippen molar-refractivity contribution in [2.75, 3.05) is 0 Å². The van der Waals surface area contributed by atoms with E-state index in [0.717, 1.165) is 16.0 Å². The number of benzene rings is 1. The van der Waals surface area contributed by atoms with Crippen LogP contribution in [0.2, 0.25) is 0 Å². The maximum absolute atomic E-state index is 12.1. The van der Waals surface area contributed by atoms with E-state index < -0.39 is 17.6 Å². The minimum Gasteiger partial charge on any atom is -0.433 e. The number of rotatable bonds is 3. The van der Waals surface area contributed by atoms with E-state index in [1.54, 1.807) is 13.8 Å². The first kappa shape index (κ1) is 14.2. The molecule has 0 radical (unpaired) electrons. The number of carbonyl (C=O) groups is 2. The number of amides is 2. The number of aromatic nitrogens is 2. The predicted molar refractivity (Wildman–Crippen MR) is 75.6 cm³/mol. The molecule has 7 heteroatoms. The lowest BCUT2D eigenvalue weighted by Gasteiger charge is -2.12. The Morgan fingerprint density at radius 2 is 1.86 bits per heavy atom. The van der Waals surface area contributed by atoms with Crippen LogP contribution in [0.4, 0.5) is 4.79 Å². The van der Waals surface area contributed by atoms with E-state index in [2.05, 4.69) is 10.1 Å². The Balaban J connectivity index is 1.79. The lowest BCUT2D eigenvalue weighted by atomic mass is 10.1. The van der Waals surface area contributed by atoms with Crippen molar-refractivity contribution < 1.29 is 18.8 Å². The fraction of sp³-hybridized carbons (Fsp3) is 0.333. The summed E-state index contributed by atoms with van der Waals surface area (Å²) in [4.78, 5) is 29.0. The first-order valence-electron chi connectivity index (χ1n) is 6.81. The Hall–Kier alpha value is -2.70. The van der Waals surface area contributed by atoms with Gasteiger partial charge in [-0.2, -0.15) is 4.98 Å². The highest BCUT2D eigenvalue weighted by Gasteiger charge is 2.47. The van der Waals surface area contributed by atoms with Crippen molar-refractivity contribution in [3.8, 4) is 11.5 Å². The van der Waals surface area contributed by atoms with Crippen molar-refractivity contribution >= 4 is 12.0 Å². The topological polar surface area (TPSA) is 85.5 Å². The van der Waals surface area contributed by atoms with Crippen LogP contribution in [0.1, 0.15) is 25.2 Å². The predicted octanol–water partition coefficient (Wildman–Crippen LogP) is 2.30. The first-order chi connectivity index (χ1) is 10.4. The second-order valence-corrected chi connectivity index (χ2v) is 5.65. The molecular weight excluding hydrogens is 286 g/mol. The quantitative estimate of drug-likeness (QED) is 0.864. The Labute approximate surface area is 126 Å². The minimum absolute atomic E-state index is 0.0730. The summed E-state index contributed by atoms with van der Waals surface area (Å²) in [5.41, 5.74) is 0.747. The van der Waals surface area contributed by atoms with Crippen LogP contribution in [0, 0.1) is 6.92 Å². The molecule has 0 N–H and O–H groups in total. The van der Waals surface area contributed by atoms with Gasteiger partial charge >= 0.3 is 6.09 Å². The van der Waals surface area contributed by atoms with E-state index in [4.69, 9.17) is 9.26 Å². The number of cyclic esters (lactones) is 1. The molecular formula is C15H15N3O4. The van der Waals surface area contributed by atoms with Gasteiger partial charge in [0, 0.05) is 5.56 Å². The van der Waals surface area contributed by atoms with Gasteiger partial charge in [-0.05, 0) is 32.9 Å². The standard InChI is InChI=1S/C15H15N3O4/c1-9-4-6-10(7-5-9)12-16-11(17-22-12)8-18-13(19)15(2,3)21-14(18)20/h4-7H,8H2,1-3H3. The number of carbonyl (C=O) groups excluding carboxylic acids is 2. The zero-order valence-corrected chi connectivity index (χ0v) is 12.5. The van der Waals surface area contributed by atoms with Gasteiger partial charge in [0.05, 0.1) is 6.54 Å². The fourth-order valence-electron chi connectivity index (χ4n) is 2.13. The third kappa shape index (κ3) is 2.45. The molecule has 2 amide bonds. The van der Waals surface area contributed by atoms with Gasteiger partial charge in [-0.15, -0.1) is 0 Å². The third-order valence-electron chi connectivity index (χ3n) is 3.39. The van der Waals surface area contributed by atoms with E-state index in [1.807, 2.05) is 31.2 Å². The molecule has 1 aliphatic heterocycles. The second kappa shape index (κ2) is 4.94. The first-order valence-corrected chi connectivity index (χ1v) is 6.81. The number of hydrogen-bond donors (Lipinski definition) is 0. The second-order valence-electron chi connectivity index (χ2n) is 5.65. The Bertz CT molecular complexity index is 734. The zero-order chi connectivity index (χ0) is 15.9. The van der Waals surface area contributed by atoms with E-state index in [9.17, 15) is 9.59 Å². The van der Waals surface area contributed by atoms with Crippen LogP contribution in [-0.2, 0) is 16.1 Å². The molecule has 0 spiro atoms. The van der Waals surface area contributed by atoms with Gasteiger partial charge in [0.2, 0.25) is 0 Å². The summed E-state index contributed by atoms with van der Waals surface area (Å²) >= 11 is 0. The van der Waals surface area contributed by atoms with Crippen molar-refractivity contribution in [1.29, 1.82) is 0 Å². The molecule has 7 nitrogen and oxygen atoms in total. The molecule has 0 unspecified atom stereocenters. The van der Waals surface area contributed by atoms with Crippen molar-refractivity contribution in [2.24, 2.45) is 0 Å². The lowest BCUT2D eigenvalue weighted by molar-refractivity contribution is -0.135. The van der Waals surface area contributed by atoms with Gasteiger partial charge in [0.15, 0.2) is 11.4 Å². The normalized spacial score (nSPS) is 17.0. The van der Waals surface area contributed by atoms with Gasteiger partial charge in [0.1, 0.15) is 0 Å². The summed E-state index contributed by atoms with van der Waals surface area (Å²) in [7, 11) is 0. The van der Waals surface area contributed by atoms with Crippen molar-refractivity contribution in [1.82, 2.24) is 15.0 Å². The lowest BCUT2D eigenvalue weighted by Crippen LogP contribution is -2.36. The van der Waals surface area contributed by atoms with Crippen molar-refractivity contribution in [3.63, 3.8) is 0 Å². The number of aryl methyl sites for hydroxylation is 1. The maximum Gasteiger partial charge on any atom is 0.418 e. The van der Waals surface area contributed by atoms with E-state index in [-0.39, 0.29) is 12.4 Å². The van der Waals surface area contributed by atoms with E-state index >= 15 is 0 Å². The minimum atomic E-state index is -1.15. The molecule has 0 saturated carbocycles. The summed E-state index contributed by atoms with van der Waals surface area (Å²) in [5, 5.41) is 3.81. The molecule has 3 rings (SSSR count). The molecule has 0 bridgehead atoms. The molecule has 0 aliphatic carbocycles. The largest absolute Gasteiger partial charge is 0.433 e. The van der Waals surface area contributed by atoms with Gasteiger partial charge < -0.3 is 9.26 Å². The van der Waals surface area contributed by atoms with Crippen LogP contribution < -0.4 is 0 Å². The average Bonchev–Trinajstić information content (AvgIpc) is 2.99. The Morgan fingerprint density at radius 1 is 1.18 bits per heavy atom. The average molecular weight is 301 g/mol. The molecule has 1 aromatic heterocycles. The highest BCUT2D eigenvalue weighted by Crippen LogP contribution is 2.25. The van der Waals surface area contributed by atoms with E-state index in [0.29, 0.717) is 5.89 Å². The Morgan fingerprint density at radius 3 is 2.45 bits per heavy atom. The molecule has 2 heterocycles. The summed E-state index contributed by atoms with van der Waals surface area (Å²) in [6, 6.07) is 7.60. The van der Waals surface area contributed by atoms with Gasteiger partial charge in [-0.3, -0.25) is 4.79 Å². The Kier molecular flexibility index (Phi) is 3.20. The molecule has 2 aromatic rings. The molecule has 1 fully saturated rings. The van der Waals surface area contributed by atoms with Gasteiger partial charge in [0.25, 0.3) is 11.8 Å². The van der Waals surface area contributed by atoms with Crippen LogP contribution in [0.5, 0.6) is 0 Å². The number of ether oxygens (including phenoxy) is 1. The highest BCUT2D eigenvalue weighted by atomic mass is 16.6. The highest BCUT2D eigenvalue weighted by molar-refractivity contribution is 6.02. The molecule has 1 aliphatic rings. The summed E-state index contributed by atoms with van der Waals surface area (Å²) < 4.78 is 10.2. The third-order valence-corrected chi connectivity index (χ3v) is 3.39. The maximum atomic E-state index is 12.1.